The number of benzene rings is 1. The first-order chi connectivity index (χ1) is 10.0. The first-order valence-corrected chi connectivity index (χ1v) is 7.50. The number of carboxylic acid groups (broad SMARTS) is 1. The molecule has 0 aromatic heterocycles. The van der Waals surface area contributed by atoms with Crippen molar-refractivity contribution in [2.45, 2.75) is 51.4 Å². The second-order valence-electron chi connectivity index (χ2n) is 5.96. The van der Waals surface area contributed by atoms with E-state index in [4.69, 9.17) is 0 Å². The molecular weight excluding hydrogens is 270 g/mol. The summed E-state index contributed by atoms with van der Waals surface area (Å²) in [6.45, 7) is 0. The van der Waals surface area contributed by atoms with Gasteiger partial charge in [-0.2, -0.15) is 0 Å². The van der Waals surface area contributed by atoms with E-state index >= 15 is 0 Å². The Morgan fingerprint density at radius 3 is 2.38 bits per heavy atom. The van der Waals surface area contributed by atoms with Gasteiger partial charge in [0.2, 0.25) is 0 Å². The summed E-state index contributed by atoms with van der Waals surface area (Å²) < 4.78 is 0. The Balaban J connectivity index is 2.24. The third kappa shape index (κ3) is 3.80. The summed E-state index contributed by atoms with van der Waals surface area (Å²) in [5.74, 6) is -0.768. The third-order valence-corrected chi connectivity index (χ3v) is 4.43. The molecule has 21 heavy (non-hydrogen) atoms. The number of hydrogen-bond donors (Lipinski definition) is 1. The molecule has 114 valence electrons. The average Bonchev–Trinajstić information content (AvgIpc) is 2.42. The zero-order chi connectivity index (χ0) is 15.3. The lowest BCUT2D eigenvalue weighted by atomic mass is 9.72. The van der Waals surface area contributed by atoms with Gasteiger partial charge < -0.3 is 5.11 Å². The Labute approximate surface area is 124 Å². The van der Waals surface area contributed by atoms with E-state index in [0.717, 1.165) is 31.2 Å². The predicted octanol–water partition coefficient (Wildman–Crippen LogP) is 3.95. The molecular formula is C16H21NO4. The molecule has 0 saturated heterocycles. The number of non-ortho nitro benzene ring substituents is 1. The van der Waals surface area contributed by atoms with Crippen LogP contribution in [0.4, 0.5) is 5.69 Å². The van der Waals surface area contributed by atoms with E-state index in [0.29, 0.717) is 19.3 Å². The number of nitro benzene ring substituents is 1. The van der Waals surface area contributed by atoms with E-state index in [1.54, 1.807) is 12.1 Å². The van der Waals surface area contributed by atoms with Crippen LogP contribution in [0, 0.1) is 15.5 Å². The smallest absolute Gasteiger partial charge is 0.309 e. The summed E-state index contributed by atoms with van der Waals surface area (Å²) in [4.78, 5) is 22.2. The lowest BCUT2D eigenvalue weighted by Gasteiger charge is -2.31. The molecule has 0 spiro atoms. The summed E-state index contributed by atoms with van der Waals surface area (Å²) in [6.07, 6.45) is 6.85. The molecule has 0 unspecified atom stereocenters. The summed E-state index contributed by atoms with van der Waals surface area (Å²) >= 11 is 0. The molecule has 0 radical (unpaired) electrons. The molecule has 1 aromatic rings. The van der Waals surface area contributed by atoms with Gasteiger partial charge in [0.25, 0.3) is 5.69 Å². The fourth-order valence-electron chi connectivity index (χ4n) is 3.22. The quantitative estimate of drug-likeness (QED) is 0.672. The number of carbonyl (C=O) groups is 1. The van der Waals surface area contributed by atoms with Crippen molar-refractivity contribution in [1.29, 1.82) is 0 Å². The average molecular weight is 291 g/mol. The van der Waals surface area contributed by atoms with Crippen molar-refractivity contribution in [2.75, 3.05) is 0 Å². The minimum absolute atomic E-state index is 0.0267. The minimum atomic E-state index is -0.768. The number of rotatable bonds is 4. The van der Waals surface area contributed by atoms with Gasteiger partial charge in [0, 0.05) is 12.1 Å². The van der Waals surface area contributed by atoms with Crippen LogP contribution in [0.1, 0.15) is 50.5 Å². The zero-order valence-corrected chi connectivity index (χ0v) is 12.1. The van der Waals surface area contributed by atoms with Crippen LogP contribution in [0.3, 0.4) is 0 Å². The highest BCUT2D eigenvalue weighted by Gasteiger charge is 2.38. The molecule has 1 saturated carbocycles. The molecule has 1 N–H and O–H groups in total. The first-order valence-electron chi connectivity index (χ1n) is 7.50. The highest BCUT2D eigenvalue weighted by molar-refractivity contribution is 5.75. The Morgan fingerprint density at radius 1 is 1.19 bits per heavy atom. The molecule has 1 aromatic carbocycles. The van der Waals surface area contributed by atoms with Gasteiger partial charge in [0.15, 0.2) is 0 Å². The number of carboxylic acids is 1. The fraction of sp³-hybridized carbons (Fsp3) is 0.562. The van der Waals surface area contributed by atoms with Gasteiger partial charge in [0.05, 0.1) is 10.3 Å². The van der Waals surface area contributed by atoms with Crippen LogP contribution in [-0.2, 0) is 11.2 Å². The Hall–Kier alpha value is -1.91. The van der Waals surface area contributed by atoms with Crippen molar-refractivity contribution in [2.24, 2.45) is 5.41 Å². The highest BCUT2D eigenvalue weighted by Crippen LogP contribution is 2.38. The lowest BCUT2D eigenvalue weighted by molar-refractivity contribution is -0.384. The van der Waals surface area contributed by atoms with Crippen LogP contribution >= 0.6 is 0 Å². The van der Waals surface area contributed by atoms with Crippen LogP contribution in [0.2, 0.25) is 0 Å². The molecule has 0 bridgehead atoms. The van der Waals surface area contributed by atoms with Gasteiger partial charge in [-0.15, -0.1) is 0 Å². The Bertz CT molecular complexity index is 519. The van der Waals surface area contributed by atoms with Crippen LogP contribution in [0.5, 0.6) is 0 Å². The minimum Gasteiger partial charge on any atom is -0.481 e. The Kier molecular flexibility index (Phi) is 4.94. The summed E-state index contributed by atoms with van der Waals surface area (Å²) in [5, 5.41) is 20.6. The first kappa shape index (κ1) is 15.5. The lowest BCUT2D eigenvalue weighted by Crippen LogP contribution is -2.34. The normalized spacial score (nSPS) is 18.5. The van der Waals surface area contributed by atoms with E-state index in [-0.39, 0.29) is 5.69 Å². The maximum atomic E-state index is 11.8. The van der Waals surface area contributed by atoms with Crippen molar-refractivity contribution in [3.05, 3.63) is 39.9 Å². The fourth-order valence-corrected chi connectivity index (χ4v) is 3.22. The van der Waals surface area contributed by atoms with Gasteiger partial charge in [-0.25, -0.2) is 0 Å². The molecule has 5 nitrogen and oxygen atoms in total. The van der Waals surface area contributed by atoms with Crippen LogP contribution in [0.25, 0.3) is 0 Å². The maximum Gasteiger partial charge on any atom is 0.309 e. The topological polar surface area (TPSA) is 80.4 Å². The van der Waals surface area contributed by atoms with Crippen LogP contribution in [-0.4, -0.2) is 16.0 Å². The van der Waals surface area contributed by atoms with Crippen molar-refractivity contribution in [3.8, 4) is 0 Å². The van der Waals surface area contributed by atoms with Gasteiger partial charge >= 0.3 is 5.97 Å². The molecule has 1 fully saturated rings. The standard InChI is InChI=1S/C16H21NO4/c18-15(19)16(9-4-2-1-3-5-10-16)12-13-7-6-8-14(11-13)17(20)21/h6-8,11H,1-5,9-10,12H2,(H,18,19). The second-order valence-corrected chi connectivity index (χ2v) is 5.96. The molecule has 0 aliphatic heterocycles. The number of nitro groups is 1. The molecule has 5 heteroatoms. The largest absolute Gasteiger partial charge is 0.481 e. The maximum absolute atomic E-state index is 11.8. The molecule has 1 aliphatic rings. The van der Waals surface area contributed by atoms with E-state index in [9.17, 15) is 20.0 Å². The second kappa shape index (κ2) is 6.70. The summed E-state index contributed by atoms with van der Waals surface area (Å²) in [6, 6.07) is 6.36. The van der Waals surface area contributed by atoms with E-state index in [2.05, 4.69) is 0 Å². The zero-order valence-electron chi connectivity index (χ0n) is 12.1. The van der Waals surface area contributed by atoms with E-state index < -0.39 is 16.3 Å². The molecule has 0 atom stereocenters. The molecule has 0 heterocycles. The van der Waals surface area contributed by atoms with Crippen LogP contribution in [0.15, 0.2) is 24.3 Å². The Morgan fingerprint density at radius 2 is 1.81 bits per heavy atom. The van der Waals surface area contributed by atoms with Gasteiger partial charge in [-0.1, -0.05) is 44.2 Å². The summed E-state index contributed by atoms with van der Waals surface area (Å²) in [7, 11) is 0. The van der Waals surface area contributed by atoms with Crippen molar-refractivity contribution < 1.29 is 14.8 Å². The van der Waals surface area contributed by atoms with Gasteiger partial charge in [-0.05, 0) is 24.8 Å². The van der Waals surface area contributed by atoms with E-state index in [1.807, 2.05) is 0 Å². The molecule has 2 rings (SSSR count). The molecule has 0 amide bonds. The van der Waals surface area contributed by atoms with Gasteiger partial charge in [0.1, 0.15) is 0 Å². The molecule has 1 aliphatic carbocycles. The van der Waals surface area contributed by atoms with Crippen molar-refractivity contribution >= 4 is 11.7 Å². The monoisotopic (exact) mass is 291 g/mol. The highest BCUT2D eigenvalue weighted by atomic mass is 16.6. The van der Waals surface area contributed by atoms with Crippen molar-refractivity contribution in [3.63, 3.8) is 0 Å². The van der Waals surface area contributed by atoms with Crippen LogP contribution < -0.4 is 0 Å². The predicted molar refractivity (Wildman–Crippen MR) is 79.2 cm³/mol. The van der Waals surface area contributed by atoms with Crippen molar-refractivity contribution in [1.82, 2.24) is 0 Å². The van der Waals surface area contributed by atoms with E-state index in [1.165, 1.54) is 18.6 Å². The summed E-state index contributed by atoms with van der Waals surface area (Å²) in [5.41, 5.74) is 0.00128. The number of aliphatic carboxylic acids is 1. The SMILES string of the molecule is O=C(O)C1(Cc2cccc([N+](=O)[O-])c2)CCCCCCC1. The van der Waals surface area contributed by atoms with Gasteiger partial charge in [-0.3, -0.25) is 14.9 Å². The number of hydrogen-bond acceptors (Lipinski definition) is 3. The third-order valence-electron chi connectivity index (χ3n) is 4.43. The number of nitrogens with zero attached hydrogens (tertiary/aromatic N) is 1.